The number of nitrogens with two attached hydrogens (primary N) is 1. The number of phenolic OH excluding ortho intramolecular Hbond substituents is 2. The highest BCUT2D eigenvalue weighted by Crippen LogP contribution is 2.52. The van der Waals surface area contributed by atoms with Crippen LogP contribution in [0.4, 0.5) is 0 Å². The molecule has 0 spiro atoms. The van der Waals surface area contributed by atoms with Gasteiger partial charge in [-0.1, -0.05) is 12.1 Å². The molecule has 0 amide bonds. The summed E-state index contributed by atoms with van der Waals surface area (Å²) in [6.07, 6.45) is -3.33. The summed E-state index contributed by atoms with van der Waals surface area (Å²) in [5, 5.41) is 44.7. The molecule has 1 heterocycles. The SMILES string of the molecule is COCCC1(O)Cc2c(O)c3c(c(O)c2C(OC2CC(N)C(O)C(C)O2)C1)C(=O)c1c(OC)cccc1C3=O. The Morgan fingerprint density at radius 1 is 1.10 bits per heavy atom. The number of hydrogen-bond acceptors (Lipinski definition) is 11. The van der Waals surface area contributed by atoms with Crippen LogP contribution in [0.5, 0.6) is 17.2 Å². The van der Waals surface area contributed by atoms with E-state index in [0.29, 0.717) is 0 Å². The molecule has 1 fully saturated rings. The summed E-state index contributed by atoms with van der Waals surface area (Å²) in [6, 6.07) is 3.91. The first-order valence-electron chi connectivity index (χ1n) is 12.8. The molecule has 2 aliphatic carbocycles. The highest BCUT2D eigenvalue weighted by atomic mass is 16.7. The maximum absolute atomic E-state index is 13.7. The molecular weight excluding hydrogens is 510 g/mol. The van der Waals surface area contributed by atoms with Crippen molar-refractivity contribution in [3.63, 3.8) is 0 Å². The summed E-state index contributed by atoms with van der Waals surface area (Å²) in [7, 11) is 2.86. The molecule has 1 aliphatic heterocycles. The molecule has 0 saturated carbocycles. The number of ether oxygens (including phenoxy) is 4. The van der Waals surface area contributed by atoms with Crippen LogP contribution < -0.4 is 10.5 Å². The summed E-state index contributed by atoms with van der Waals surface area (Å²) in [6.45, 7) is 1.85. The van der Waals surface area contributed by atoms with Crippen LogP contribution in [0.2, 0.25) is 0 Å². The van der Waals surface area contributed by atoms with Crippen LogP contribution in [0.25, 0.3) is 0 Å². The Morgan fingerprint density at radius 3 is 2.49 bits per heavy atom. The van der Waals surface area contributed by atoms with Crippen molar-refractivity contribution in [3.8, 4) is 17.2 Å². The lowest BCUT2D eigenvalue weighted by Crippen LogP contribution is -2.52. The quantitative estimate of drug-likeness (QED) is 0.284. The minimum Gasteiger partial charge on any atom is -0.507 e. The van der Waals surface area contributed by atoms with Crippen LogP contribution in [0, 0.1) is 0 Å². The highest BCUT2D eigenvalue weighted by Gasteiger charge is 2.47. The molecule has 6 atom stereocenters. The maximum atomic E-state index is 13.7. The summed E-state index contributed by atoms with van der Waals surface area (Å²) >= 11 is 0. The lowest BCUT2D eigenvalue weighted by molar-refractivity contribution is -0.248. The molecule has 210 valence electrons. The summed E-state index contributed by atoms with van der Waals surface area (Å²) in [5.74, 6) is -2.19. The van der Waals surface area contributed by atoms with Gasteiger partial charge in [0.2, 0.25) is 5.78 Å². The number of aromatic hydroxyl groups is 2. The molecule has 6 unspecified atom stereocenters. The van der Waals surface area contributed by atoms with Gasteiger partial charge in [0.15, 0.2) is 12.1 Å². The molecule has 1 saturated heterocycles. The second kappa shape index (κ2) is 10.2. The van der Waals surface area contributed by atoms with Crippen LogP contribution in [0.1, 0.15) is 75.3 Å². The molecule has 2 aromatic rings. The van der Waals surface area contributed by atoms with Crippen LogP contribution in [0.3, 0.4) is 0 Å². The van der Waals surface area contributed by atoms with Crippen LogP contribution in [-0.2, 0) is 20.6 Å². The molecule has 39 heavy (non-hydrogen) atoms. The predicted octanol–water partition coefficient (Wildman–Crippen LogP) is 1.48. The molecule has 0 radical (unpaired) electrons. The van der Waals surface area contributed by atoms with Crippen molar-refractivity contribution in [3.05, 3.63) is 51.6 Å². The lowest BCUT2D eigenvalue weighted by atomic mass is 9.72. The standard InChI is InChI=1S/C28H33NO10/c1-12-23(30)15(29)9-18(38-12)39-17-11-28(35,7-8-36-2)10-14-20(17)27(34)22-21(25(14)32)24(31)13-5-4-6-16(37-3)19(13)26(22)33/h4-6,12,15,17-18,23,30,32,34-35H,7-11,29H2,1-3H3. The molecule has 3 aliphatic rings. The number of fused-ring (bicyclic) bond motifs is 3. The third kappa shape index (κ3) is 4.48. The zero-order valence-electron chi connectivity index (χ0n) is 22.0. The van der Waals surface area contributed by atoms with Gasteiger partial charge in [0, 0.05) is 55.7 Å². The van der Waals surface area contributed by atoms with E-state index in [1.54, 1.807) is 13.0 Å². The Kier molecular flexibility index (Phi) is 7.17. The molecule has 11 nitrogen and oxygen atoms in total. The summed E-state index contributed by atoms with van der Waals surface area (Å²) in [5.41, 5.74) is 4.16. The third-order valence-electron chi connectivity index (χ3n) is 7.99. The van der Waals surface area contributed by atoms with Crippen molar-refractivity contribution >= 4 is 11.6 Å². The number of carbonyl (C=O) groups is 2. The zero-order chi connectivity index (χ0) is 28.2. The minimum absolute atomic E-state index is 0.0126. The van der Waals surface area contributed by atoms with E-state index >= 15 is 0 Å². The number of phenols is 2. The van der Waals surface area contributed by atoms with E-state index in [-0.39, 0.29) is 71.4 Å². The average molecular weight is 544 g/mol. The fourth-order valence-corrected chi connectivity index (χ4v) is 5.95. The Balaban J connectivity index is 1.65. The van der Waals surface area contributed by atoms with Crippen molar-refractivity contribution in [2.24, 2.45) is 5.73 Å². The van der Waals surface area contributed by atoms with Gasteiger partial charge in [-0.25, -0.2) is 0 Å². The van der Waals surface area contributed by atoms with Crippen molar-refractivity contribution in [1.29, 1.82) is 0 Å². The van der Waals surface area contributed by atoms with E-state index in [1.807, 2.05) is 0 Å². The van der Waals surface area contributed by atoms with Crippen molar-refractivity contribution < 1.29 is 49.0 Å². The van der Waals surface area contributed by atoms with Gasteiger partial charge in [0.1, 0.15) is 17.2 Å². The number of hydrogen-bond donors (Lipinski definition) is 5. The monoisotopic (exact) mass is 543 g/mol. The summed E-state index contributed by atoms with van der Waals surface area (Å²) < 4.78 is 22.5. The number of methoxy groups -OCH3 is 2. The van der Waals surface area contributed by atoms with Gasteiger partial charge in [0.05, 0.1) is 47.7 Å². The Hall–Kier alpha value is -3.06. The van der Waals surface area contributed by atoms with Gasteiger partial charge in [-0.15, -0.1) is 0 Å². The number of benzene rings is 2. The molecule has 11 heteroatoms. The lowest BCUT2D eigenvalue weighted by Gasteiger charge is -2.43. The number of aliphatic hydroxyl groups is 2. The molecule has 0 aromatic heterocycles. The van der Waals surface area contributed by atoms with Crippen molar-refractivity contribution in [1.82, 2.24) is 0 Å². The van der Waals surface area contributed by atoms with Gasteiger partial charge < -0.3 is 45.1 Å². The van der Waals surface area contributed by atoms with Crippen LogP contribution in [-0.4, -0.2) is 83.0 Å². The Bertz CT molecular complexity index is 1310. The molecular formula is C28H33NO10. The average Bonchev–Trinajstić information content (AvgIpc) is 2.90. The Morgan fingerprint density at radius 2 is 1.82 bits per heavy atom. The normalized spacial score (nSPS) is 29.9. The van der Waals surface area contributed by atoms with Crippen LogP contribution in [0.15, 0.2) is 18.2 Å². The first kappa shape index (κ1) is 27.5. The summed E-state index contributed by atoms with van der Waals surface area (Å²) in [4.78, 5) is 27.3. The fourth-order valence-electron chi connectivity index (χ4n) is 5.95. The molecule has 5 rings (SSSR count). The topological polar surface area (TPSA) is 178 Å². The molecule has 0 bridgehead atoms. The second-order valence-corrected chi connectivity index (χ2v) is 10.5. The Labute approximate surface area is 225 Å². The highest BCUT2D eigenvalue weighted by molar-refractivity contribution is 6.31. The predicted molar refractivity (Wildman–Crippen MR) is 136 cm³/mol. The minimum atomic E-state index is -1.43. The first-order valence-corrected chi connectivity index (χ1v) is 12.8. The first-order chi connectivity index (χ1) is 18.5. The smallest absolute Gasteiger partial charge is 0.202 e. The molecule has 6 N–H and O–H groups in total. The van der Waals surface area contributed by atoms with E-state index < -0.39 is 59.3 Å². The number of carbonyl (C=O) groups excluding carboxylic acids is 2. The van der Waals surface area contributed by atoms with E-state index in [1.165, 1.54) is 26.4 Å². The van der Waals surface area contributed by atoms with Crippen molar-refractivity contribution in [2.75, 3.05) is 20.8 Å². The van der Waals surface area contributed by atoms with Crippen LogP contribution >= 0.6 is 0 Å². The number of aliphatic hydroxyl groups excluding tert-OH is 1. The second-order valence-electron chi connectivity index (χ2n) is 10.5. The van der Waals surface area contributed by atoms with E-state index in [4.69, 9.17) is 24.7 Å². The third-order valence-corrected chi connectivity index (χ3v) is 7.99. The van der Waals surface area contributed by atoms with E-state index in [9.17, 15) is 30.0 Å². The van der Waals surface area contributed by atoms with Gasteiger partial charge in [-0.2, -0.15) is 0 Å². The van der Waals surface area contributed by atoms with Crippen molar-refractivity contribution in [2.45, 2.75) is 68.9 Å². The number of ketones is 2. The van der Waals surface area contributed by atoms with E-state index in [2.05, 4.69) is 0 Å². The van der Waals surface area contributed by atoms with Gasteiger partial charge in [-0.05, 0) is 19.4 Å². The molecule has 2 aromatic carbocycles. The maximum Gasteiger partial charge on any atom is 0.202 e. The van der Waals surface area contributed by atoms with Gasteiger partial charge >= 0.3 is 0 Å². The fraction of sp³-hybridized carbons (Fsp3) is 0.500. The zero-order valence-corrected chi connectivity index (χ0v) is 22.0. The number of rotatable bonds is 6. The van der Waals surface area contributed by atoms with E-state index in [0.717, 1.165) is 0 Å². The van der Waals surface area contributed by atoms with Gasteiger partial charge in [-0.3, -0.25) is 9.59 Å². The van der Waals surface area contributed by atoms with Gasteiger partial charge in [0.25, 0.3) is 0 Å². The largest absolute Gasteiger partial charge is 0.507 e.